The van der Waals surface area contributed by atoms with Gasteiger partial charge in [0.05, 0.1) is 23.1 Å². The lowest BCUT2D eigenvalue weighted by atomic mass is 10.1. The van der Waals surface area contributed by atoms with Crippen molar-refractivity contribution in [3.05, 3.63) is 88.1 Å². The summed E-state index contributed by atoms with van der Waals surface area (Å²) >= 11 is 0. The number of pyridine rings is 1. The van der Waals surface area contributed by atoms with E-state index < -0.39 is 0 Å². The maximum Gasteiger partial charge on any atom is 0.257 e. The van der Waals surface area contributed by atoms with Crippen molar-refractivity contribution in [1.29, 1.82) is 0 Å². The highest BCUT2D eigenvalue weighted by molar-refractivity contribution is 6.04. The Labute approximate surface area is 242 Å². The number of benzene rings is 1. The van der Waals surface area contributed by atoms with Gasteiger partial charge < -0.3 is 10.2 Å². The molecule has 0 bridgehead atoms. The van der Waals surface area contributed by atoms with Crippen molar-refractivity contribution in [3.63, 3.8) is 0 Å². The minimum absolute atomic E-state index is 0.208. The summed E-state index contributed by atoms with van der Waals surface area (Å²) in [5, 5.41) is 7.78. The Hall–Kier alpha value is -4.06. The number of hydrogen-bond acceptors (Lipinski definition) is 6. The number of aryl methyl sites for hydroxylation is 3. The first-order valence-electron chi connectivity index (χ1n) is 14.5. The van der Waals surface area contributed by atoms with Crippen LogP contribution in [0.5, 0.6) is 0 Å². The first kappa shape index (κ1) is 28.5. The molecule has 0 unspecified atom stereocenters. The zero-order valence-corrected chi connectivity index (χ0v) is 24.6. The fourth-order valence-corrected chi connectivity index (χ4v) is 5.00. The standard InChI is InChI=1S/C33H39N7O/c1-5-6-7-8-29-12-14-32-35-22-31(40(32)37-29)13-10-26-20-28(21-34-25(26)3)33(41)36-30-11-9-27(24(2)19-30)23-39-17-15-38(4)16-18-39/h9,11-12,14,19-22H,5-8,15-18,23H2,1-4H3,(H,36,41). The molecule has 4 aromatic rings. The van der Waals surface area contributed by atoms with Crippen molar-refractivity contribution in [2.75, 3.05) is 38.5 Å². The molecule has 212 valence electrons. The van der Waals surface area contributed by atoms with E-state index in [9.17, 15) is 4.79 Å². The normalized spacial score (nSPS) is 14.1. The summed E-state index contributed by atoms with van der Waals surface area (Å²) in [6, 6.07) is 12.0. The number of carbonyl (C=O) groups is 1. The molecule has 1 aromatic carbocycles. The van der Waals surface area contributed by atoms with Crippen molar-refractivity contribution in [2.24, 2.45) is 0 Å². The molecule has 41 heavy (non-hydrogen) atoms. The van der Waals surface area contributed by atoms with Crippen LogP contribution in [-0.2, 0) is 13.0 Å². The third kappa shape index (κ3) is 7.18. The summed E-state index contributed by atoms with van der Waals surface area (Å²) < 4.78 is 1.79. The lowest BCUT2D eigenvalue weighted by Gasteiger charge is -2.32. The van der Waals surface area contributed by atoms with E-state index in [1.807, 2.05) is 31.2 Å². The van der Waals surface area contributed by atoms with Gasteiger partial charge in [-0.25, -0.2) is 9.50 Å². The minimum atomic E-state index is -0.208. The average molecular weight is 550 g/mol. The quantitative estimate of drug-likeness (QED) is 0.250. The number of fused-ring (bicyclic) bond motifs is 1. The molecule has 1 amide bonds. The molecule has 0 atom stereocenters. The van der Waals surface area contributed by atoms with Crippen LogP contribution in [0.25, 0.3) is 5.65 Å². The van der Waals surface area contributed by atoms with Crippen LogP contribution in [-0.4, -0.2) is 68.5 Å². The van der Waals surface area contributed by atoms with Gasteiger partial charge in [-0.3, -0.25) is 14.7 Å². The molecule has 1 fully saturated rings. The third-order valence-corrected chi connectivity index (χ3v) is 7.72. The molecule has 0 aliphatic carbocycles. The molecule has 1 aliphatic heterocycles. The predicted octanol–water partition coefficient (Wildman–Crippen LogP) is 4.87. The SMILES string of the molecule is CCCCCc1ccc2ncc(C#Cc3cc(C(=O)Nc4ccc(CN5CCN(C)CC5)c(C)c4)cnc3C)n2n1. The van der Waals surface area contributed by atoms with Crippen molar-refractivity contribution >= 4 is 17.2 Å². The van der Waals surface area contributed by atoms with E-state index in [0.717, 1.165) is 68.3 Å². The Kier molecular flexibility index (Phi) is 9.07. The van der Waals surface area contributed by atoms with Crippen LogP contribution < -0.4 is 5.32 Å². The van der Waals surface area contributed by atoms with Gasteiger partial charge in [0.1, 0.15) is 5.69 Å². The molecular formula is C33H39N7O. The summed E-state index contributed by atoms with van der Waals surface area (Å²) in [7, 11) is 2.17. The summed E-state index contributed by atoms with van der Waals surface area (Å²) in [5.41, 5.74) is 7.67. The molecule has 1 saturated heterocycles. The number of likely N-dealkylation sites (N-methyl/N-ethyl adjacent to an activating group) is 1. The van der Waals surface area contributed by atoms with Crippen LogP contribution in [0.15, 0.2) is 48.8 Å². The smallest absolute Gasteiger partial charge is 0.257 e. The second-order valence-corrected chi connectivity index (χ2v) is 11.0. The van der Waals surface area contributed by atoms with E-state index in [-0.39, 0.29) is 5.91 Å². The molecule has 1 N–H and O–H groups in total. The number of amides is 1. The Bertz CT molecular complexity index is 1590. The van der Waals surface area contributed by atoms with E-state index >= 15 is 0 Å². The fourth-order valence-electron chi connectivity index (χ4n) is 5.00. The van der Waals surface area contributed by atoms with Gasteiger partial charge in [0.15, 0.2) is 5.65 Å². The van der Waals surface area contributed by atoms with Crippen LogP contribution in [0.4, 0.5) is 5.69 Å². The van der Waals surface area contributed by atoms with E-state index in [0.29, 0.717) is 16.8 Å². The number of unbranched alkanes of at least 4 members (excludes halogenated alkanes) is 2. The molecular weight excluding hydrogens is 510 g/mol. The number of aromatic nitrogens is 4. The van der Waals surface area contributed by atoms with Gasteiger partial charge in [0, 0.05) is 50.2 Å². The molecule has 0 radical (unpaired) electrons. The number of nitrogens with zero attached hydrogens (tertiary/aromatic N) is 6. The number of rotatable bonds is 8. The highest BCUT2D eigenvalue weighted by Crippen LogP contribution is 2.19. The zero-order valence-electron chi connectivity index (χ0n) is 24.6. The van der Waals surface area contributed by atoms with Crippen LogP contribution >= 0.6 is 0 Å². The van der Waals surface area contributed by atoms with Gasteiger partial charge in [0.25, 0.3) is 5.91 Å². The van der Waals surface area contributed by atoms with E-state index in [4.69, 9.17) is 5.10 Å². The number of imidazole rings is 1. The Balaban J connectivity index is 1.28. The fraction of sp³-hybridized carbons (Fsp3) is 0.394. The van der Waals surface area contributed by atoms with Gasteiger partial charge in [-0.2, -0.15) is 5.10 Å². The van der Waals surface area contributed by atoms with Crippen molar-refractivity contribution < 1.29 is 4.79 Å². The number of anilines is 1. The van der Waals surface area contributed by atoms with E-state index in [2.05, 4.69) is 63.9 Å². The van der Waals surface area contributed by atoms with Crippen LogP contribution in [0, 0.1) is 25.7 Å². The lowest BCUT2D eigenvalue weighted by Crippen LogP contribution is -2.43. The van der Waals surface area contributed by atoms with Crippen molar-refractivity contribution in [2.45, 2.75) is 53.0 Å². The molecule has 8 nitrogen and oxygen atoms in total. The molecule has 8 heteroatoms. The second kappa shape index (κ2) is 13.1. The monoisotopic (exact) mass is 549 g/mol. The molecule has 3 aromatic heterocycles. The summed E-state index contributed by atoms with van der Waals surface area (Å²) in [6.45, 7) is 11.5. The van der Waals surface area contributed by atoms with Gasteiger partial charge in [0.2, 0.25) is 0 Å². The Morgan fingerprint density at radius 3 is 2.59 bits per heavy atom. The topological polar surface area (TPSA) is 78.7 Å². The summed E-state index contributed by atoms with van der Waals surface area (Å²) in [4.78, 5) is 26.9. The van der Waals surface area contributed by atoms with Gasteiger partial charge >= 0.3 is 0 Å². The highest BCUT2D eigenvalue weighted by atomic mass is 16.1. The molecule has 5 rings (SSSR count). The molecule has 0 saturated carbocycles. The van der Waals surface area contributed by atoms with E-state index in [1.165, 1.54) is 24.0 Å². The van der Waals surface area contributed by atoms with E-state index in [1.54, 1.807) is 23.0 Å². The highest BCUT2D eigenvalue weighted by Gasteiger charge is 2.15. The van der Waals surface area contributed by atoms with Gasteiger partial charge in [-0.1, -0.05) is 31.8 Å². The molecule has 1 aliphatic rings. The maximum absolute atomic E-state index is 13.1. The van der Waals surface area contributed by atoms with Gasteiger partial charge in [-0.15, -0.1) is 0 Å². The van der Waals surface area contributed by atoms with Crippen LogP contribution in [0.3, 0.4) is 0 Å². The van der Waals surface area contributed by atoms with Crippen LogP contribution in [0.1, 0.15) is 70.3 Å². The predicted molar refractivity (Wildman–Crippen MR) is 163 cm³/mol. The van der Waals surface area contributed by atoms with Crippen LogP contribution in [0.2, 0.25) is 0 Å². The maximum atomic E-state index is 13.1. The first-order chi connectivity index (χ1) is 19.9. The van der Waals surface area contributed by atoms with Gasteiger partial charge in [-0.05, 0) is 81.1 Å². The molecule has 0 spiro atoms. The Morgan fingerprint density at radius 1 is 0.976 bits per heavy atom. The molecule has 4 heterocycles. The Morgan fingerprint density at radius 2 is 1.80 bits per heavy atom. The zero-order chi connectivity index (χ0) is 28.8. The minimum Gasteiger partial charge on any atom is -0.322 e. The first-order valence-corrected chi connectivity index (χ1v) is 14.5. The summed E-state index contributed by atoms with van der Waals surface area (Å²) in [6.07, 6.45) is 7.76. The number of piperazine rings is 1. The largest absolute Gasteiger partial charge is 0.322 e. The average Bonchev–Trinajstić information content (AvgIpc) is 3.37. The summed E-state index contributed by atoms with van der Waals surface area (Å²) in [5.74, 6) is 6.18. The second-order valence-electron chi connectivity index (χ2n) is 11.0. The third-order valence-electron chi connectivity index (χ3n) is 7.72. The van der Waals surface area contributed by atoms with Crippen molar-refractivity contribution in [3.8, 4) is 11.8 Å². The number of hydrogen-bond donors (Lipinski definition) is 1. The van der Waals surface area contributed by atoms with Crippen molar-refractivity contribution in [1.82, 2.24) is 29.4 Å². The number of nitrogens with one attached hydrogen (secondary N) is 1. The number of carbonyl (C=O) groups excluding carboxylic acids is 1. The lowest BCUT2D eigenvalue weighted by molar-refractivity contribution is 0.102.